The van der Waals surface area contributed by atoms with Crippen molar-refractivity contribution in [1.82, 2.24) is 9.97 Å². The third-order valence-electron chi connectivity index (χ3n) is 2.32. The third-order valence-corrected chi connectivity index (χ3v) is 2.53. The van der Waals surface area contributed by atoms with E-state index >= 15 is 0 Å². The highest BCUT2D eigenvalue weighted by molar-refractivity contribution is 6.30. The van der Waals surface area contributed by atoms with Gasteiger partial charge in [-0.1, -0.05) is 11.6 Å². The minimum absolute atomic E-state index is 0.265. The van der Waals surface area contributed by atoms with E-state index in [1.54, 1.807) is 0 Å². The maximum atomic E-state index is 5.95. The van der Waals surface area contributed by atoms with Gasteiger partial charge in [0.2, 0.25) is 0 Å². The number of hydrogen-bond acceptors (Lipinski definition) is 4. The lowest BCUT2D eigenvalue weighted by molar-refractivity contribution is 0.456. The van der Waals surface area contributed by atoms with Crippen LogP contribution in [0, 0.1) is 13.8 Å². The van der Waals surface area contributed by atoms with Gasteiger partial charge >= 0.3 is 0 Å². The quantitative estimate of drug-likeness (QED) is 0.888. The standard InChI is InChI=1S/C12H12ClN3O/c1-7-5-9(13)6-8(2)10(7)17-12-11(14)15-3-4-16-12/h3-6H,1-2H3,(H2,14,15). The van der Waals surface area contributed by atoms with Gasteiger partial charge in [0.15, 0.2) is 5.82 Å². The Morgan fingerprint density at radius 2 is 1.71 bits per heavy atom. The molecule has 2 rings (SSSR count). The Labute approximate surface area is 104 Å². The highest BCUT2D eigenvalue weighted by Gasteiger charge is 2.10. The fraction of sp³-hybridized carbons (Fsp3) is 0.167. The van der Waals surface area contributed by atoms with Gasteiger partial charge in [0, 0.05) is 17.4 Å². The molecule has 0 amide bonds. The summed E-state index contributed by atoms with van der Waals surface area (Å²) in [6.45, 7) is 3.83. The molecule has 4 nitrogen and oxygen atoms in total. The number of ether oxygens (including phenoxy) is 1. The summed E-state index contributed by atoms with van der Waals surface area (Å²) in [6.07, 6.45) is 3.05. The molecular weight excluding hydrogens is 238 g/mol. The molecule has 0 radical (unpaired) electrons. The zero-order chi connectivity index (χ0) is 12.4. The molecule has 1 aromatic heterocycles. The van der Waals surface area contributed by atoms with Gasteiger partial charge < -0.3 is 10.5 Å². The highest BCUT2D eigenvalue weighted by Crippen LogP contribution is 2.31. The van der Waals surface area contributed by atoms with Crippen molar-refractivity contribution in [2.45, 2.75) is 13.8 Å². The lowest BCUT2D eigenvalue weighted by Gasteiger charge is -2.12. The molecule has 0 saturated carbocycles. The van der Waals surface area contributed by atoms with Gasteiger partial charge in [-0.25, -0.2) is 9.97 Å². The van der Waals surface area contributed by atoms with Gasteiger partial charge in [0.25, 0.3) is 5.88 Å². The van der Waals surface area contributed by atoms with E-state index in [4.69, 9.17) is 22.1 Å². The number of aryl methyl sites for hydroxylation is 2. The van der Waals surface area contributed by atoms with Crippen LogP contribution in [-0.4, -0.2) is 9.97 Å². The van der Waals surface area contributed by atoms with Gasteiger partial charge in [-0.3, -0.25) is 0 Å². The van der Waals surface area contributed by atoms with Crippen LogP contribution >= 0.6 is 11.6 Å². The smallest absolute Gasteiger partial charge is 0.262 e. The van der Waals surface area contributed by atoms with E-state index in [1.807, 2.05) is 26.0 Å². The highest BCUT2D eigenvalue weighted by atomic mass is 35.5. The summed E-state index contributed by atoms with van der Waals surface area (Å²) in [5.74, 6) is 1.28. The predicted molar refractivity (Wildman–Crippen MR) is 67.4 cm³/mol. The van der Waals surface area contributed by atoms with Crippen LogP contribution in [0.25, 0.3) is 0 Å². The fourth-order valence-corrected chi connectivity index (χ4v) is 1.90. The van der Waals surface area contributed by atoms with Crippen LogP contribution in [-0.2, 0) is 0 Å². The maximum absolute atomic E-state index is 5.95. The molecule has 2 aromatic rings. The lowest BCUT2D eigenvalue weighted by Crippen LogP contribution is -1.99. The molecule has 0 aliphatic rings. The Kier molecular flexibility index (Phi) is 3.15. The zero-order valence-electron chi connectivity index (χ0n) is 9.57. The molecule has 88 valence electrons. The van der Waals surface area contributed by atoms with Crippen LogP contribution in [0.4, 0.5) is 5.82 Å². The minimum atomic E-state index is 0.265. The first-order valence-corrected chi connectivity index (χ1v) is 5.47. The molecule has 0 bridgehead atoms. The number of nitrogens with two attached hydrogens (primary N) is 1. The number of anilines is 1. The molecule has 0 fully saturated rings. The summed E-state index contributed by atoms with van der Waals surface area (Å²) < 4.78 is 5.67. The van der Waals surface area contributed by atoms with Crippen LogP contribution in [0.1, 0.15) is 11.1 Å². The first kappa shape index (κ1) is 11.7. The molecule has 0 spiro atoms. The predicted octanol–water partition coefficient (Wildman–Crippen LogP) is 3.12. The Bertz CT molecular complexity index is 534. The van der Waals surface area contributed by atoms with E-state index in [0.29, 0.717) is 16.7 Å². The lowest BCUT2D eigenvalue weighted by atomic mass is 10.1. The van der Waals surface area contributed by atoms with E-state index in [-0.39, 0.29) is 5.82 Å². The van der Waals surface area contributed by atoms with Crippen LogP contribution < -0.4 is 10.5 Å². The first-order valence-electron chi connectivity index (χ1n) is 5.09. The Morgan fingerprint density at radius 3 is 2.29 bits per heavy atom. The largest absolute Gasteiger partial charge is 0.435 e. The van der Waals surface area contributed by atoms with Crippen molar-refractivity contribution < 1.29 is 4.74 Å². The molecule has 0 saturated heterocycles. The van der Waals surface area contributed by atoms with Gasteiger partial charge in [0.05, 0.1) is 0 Å². The van der Waals surface area contributed by atoms with Gasteiger partial charge in [0.1, 0.15) is 5.75 Å². The van der Waals surface area contributed by atoms with Gasteiger partial charge in [-0.05, 0) is 37.1 Å². The number of rotatable bonds is 2. The Morgan fingerprint density at radius 1 is 1.12 bits per heavy atom. The van der Waals surface area contributed by atoms with Crippen molar-refractivity contribution in [3.05, 3.63) is 40.7 Å². The number of benzene rings is 1. The summed E-state index contributed by atoms with van der Waals surface area (Å²) in [5, 5.41) is 0.680. The molecule has 2 N–H and O–H groups in total. The van der Waals surface area contributed by atoms with E-state index in [2.05, 4.69) is 9.97 Å². The van der Waals surface area contributed by atoms with Crippen LogP contribution in [0.3, 0.4) is 0 Å². The molecule has 1 aromatic carbocycles. The maximum Gasteiger partial charge on any atom is 0.262 e. The molecule has 0 unspecified atom stereocenters. The molecule has 0 aliphatic heterocycles. The SMILES string of the molecule is Cc1cc(Cl)cc(C)c1Oc1nccnc1N. The van der Waals surface area contributed by atoms with E-state index < -0.39 is 0 Å². The van der Waals surface area contributed by atoms with Crippen molar-refractivity contribution in [3.63, 3.8) is 0 Å². The van der Waals surface area contributed by atoms with Gasteiger partial charge in [-0.15, -0.1) is 0 Å². The monoisotopic (exact) mass is 249 g/mol. The van der Waals surface area contributed by atoms with Crippen molar-refractivity contribution in [1.29, 1.82) is 0 Å². The van der Waals surface area contributed by atoms with Crippen molar-refractivity contribution in [2.75, 3.05) is 5.73 Å². The summed E-state index contributed by atoms with van der Waals surface area (Å²) in [4.78, 5) is 7.95. The summed E-state index contributed by atoms with van der Waals surface area (Å²) >= 11 is 5.95. The average Bonchev–Trinajstić information content (AvgIpc) is 2.25. The van der Waals surface area contributed by atoms with E-state index in [1.165, 1.54) is 12.4 Å². The fourth-order valence-electron chi connectivity index (χ4n) is 1.57. The molecule has 0 atom stereocenters. The summed E-state index contributed by atoms with van der Waals surface area (Å²) in [5.41, 5.74) is 7.53. The van der Waals surface area contributed by atoms with Crippen LogP contribution in [0.5, 0.6) is 11.6 Å². The van der Waals surface area contributed by atoms with Crippen LogP contribution in [0.15, 0.2) is 24.5 Å². The van der Waals surface area contributed by atoms with Crippen molar-refractivity contribution >= 4 is 17.4 Å². The molecule has 0 aliphatic carbocycles. The second kappa shape index (κ2) is 4.59. The number of nitrogen functional groups attached to an aromatic ring is 1. The average molecular weight is 250 g/mol. The number of aromatic nitrogens is 2. The van der Waals surface area contributed by atoms with Crippen molar-refractivity contribution in [3.8, 4) is 11.6 Å². The normalized spacial score (nSPS) is 10.3. The topological polar surface area (TPSA) is 61.0 Å². The second-order valence-corrected chi connectivity index (χ2v) is 4.15. The number of halogens is 1. The van der Waals surface area contributed by atoms with Gasteiger partial charge in [-0.2, -0.15) is 0 Å². The molecule has 1 heterocycles. The molecular formula is C12H12ClN3O. The molecule has 5 heteroatoms. The van der Waals surface area contributed by atoms with E-state index in [9.17, 15) is 0 Å². The summed E-state index contributed by atoms with van der Waals surface area (Å²) in [6, 6.07) is 3.66. The Hall–Kier alpha value is -1.81. The van der Waals surface area contributed by atoms with Crippen LogP contribution in [0.2, 0.25) is 5.02 Å². The second-order valence-electron chi connectivity index (χ2n) is 3.72. The van der Waals surface area contributed by atoms with E-state index in [0.717, 1.165) is 11.1 Å². The Balaban J connectivity index is 2.40. The zero-order valence-corrected chi connectivity index (χ0v) is 10.3. The third kappa shape index (κ3) is 2.47. The first-order chi connectivity index (χ1) is 8.08. The van der Waals surface area contributed by atoms with Crippen molar-refractivity contribution in [2.24, 2.45) is 0 Å². The number of nitrogens with zero attached hydrogens (tertiary/aromatic N) is 2. The summed E-state index contributed by atoms with van der Waals surface area (Å²) in [7, 11) is 0. The minimum Gasteiger partial charge on any atom is -0.435 e. The number of hydrogen-bond donors (Lipinski definition) is 1. The molecule has 17 heavy (non-hydrogen) atoms.